The van der Waals surface area contributed by atoms with E-state index in [1.165, 1.54) is 19.2 Å². The smallest absolute Gasteiger partial charge is 0.338 e. The lowest BCUT2D eigenvalue weighted by Gasteiger charge is -2.07. The Morgan fingerprint density at radius 1 is 1.26 bits per heavy atom. The Bertz CT molecular complexity index is 934. The second kappa shape index (κ2) is 6.30. The molecule has 112 valence electrons. The van der Waals surface area contributed by atoms with Crippen LogP contribution in [0.3, 0.4) is 0 Å². The van der Waals surface area contributed by atoms with Crippen molar-refractivity contribution in [3.63, 3.8) is 0 Å². The van der Waals surface area contributed by atoms with Crippen LogP contribution in [0.1, 0.15) is 16.2 Å². The normalized spacial score (nSPS) is 9.35. The fraction of sp³-hybridized carbons (Fsp3) is 0.133. The first-order chi connectivity index (χ1) is 11.0. The molecule has 0 aliphatic rings. The molecule has 2 aromatic rings. The van der Waals surface area contributed by atoms with Crippen LogP contribution in [0, 0.1) is 40.9 Å². The Balaban J connectivity index is 2.66. The number of oxazole rings is 1. The van der Waals surface area contributed by atoms with E-state index in [0.29, 0.717) is 11.4 Å². The van der Waals surface area contributed by atoms with Crippen LogP contribution in [-0.4, -0.2) is 18.1 Å². The molecule has 23 heavy (non-hydrogen) atoms. The number of aromatic nitrogens is 1. The molecule has 0 bridgehead atoms. The number of aryl methyl sites for hydroxylation is 1. The number of ether oxygens (including phenoxy) is 1. The highest BCUT2D eigenvalue weighted by Gasteiger charge is 2.17. The maximum atomic E-state index is 11.7. The average molecular weight is 307 g/mol. The van der Waals surface area contributed by atoms with Gasteiger partial charge in [0.15, 0.2) is 17.0 Å². The van der Waals surface area contributed by atoms with Crippen LogP contribution in [0.4, 0.5) is 5.69 Å². The number of nitrogens with one attached hydrogen (secondary N) is 1. The molecule has 1 N–H and O–H groups in total. The van der Waals surface area contributed by atoms with E-state index in [9.17, 15) is 4.79 Å². The number of anilines is 1. The van der Waals surface area contributed by atoms with Gasteiger partial charge in [-0.05, 0) is 12.1 Å². The van der Waals surface area contributed by atoms with E-state index >= 15 is 0 Å². The van der Waals surface area contributed by atoms with Crippen molar-refractivity contribution < 1.29 is 13.9 Å². The highest BCUT2D eigenvalue weighted by molar-refractivity contribution is 5.98. The fourth-order valence-electron chi connectivity index (χ4n) is 1.89. The van der Waals surface area contributed by atoms with Gasteiger partial charge in [-0.25, -0.2) is 9.78 Å². The van der Waals surface area contributed by atoms with Gasteiger partial charge in [-0.15, -0.1) is 0 Å². The molecule has 0 aliphatic carbocycles. The quantitative estimate of drug-likeness (QED) is 0.672. The third kappa shape index (κ3) is 2.94. The van der Waals surface area contributed by atoms with E-state index in [1.54, 1.807) is 25.1 Å². The Hall–Kier alpha value is -3.83. The predicted octanol–water partition coefficient (Wildman–Crippen LogP) is 2.16. The van der Waals surface area contributed by atoms with Gasteiger partial charge in [0.1, 0.15) is 29.4 Å². The predicted molar refractivity (Wildman–Crippen MR) is 77.6 cm³/mol. The number of nitrogens with zero attached hydrogens (tertiary/aromatic N) is 4. The molecular formula is C15H9N5O3. The number of carbonyl (C=O) groups excluding carboxylic acids is 1. The number of fused-ring (bicyclic) bond motifs is 1. The van der Waals surface area contributed by atoms with E-state index in [4.69, 9.17) is 20.2 Å². The SMILES string of the molecule is COC(=O)c1cc(NC(C#N)=C(C#N)C#N)c2oc(C)nc2c1. The fourth-order valence-corrected chi connectivity index (χ4v) is 1.89. The monoisotopic (exact) mass is 307 g/mol. The number of hydrogen-bond donors (Lipinski definition) is 1. The number of methoxy groups -OCH3 is 1. The zero-order valence-corrected chi connectivity index (χ0v) is 12.2. The molecule has 8 heteroatoms. The lowest BCUT2D eigenvalue weighted by atomic mass is 10.1. The van der Waals surface area contributed by atoms with Crippen LogP contribution in [0.2, 0.25) is 0 Å². The molecule has 0 saturated heterocycles. The molecular weight excluding hydrogens is 298 g/mol. The van der Waals surface area contributed by atoms with Crippen molar-refractivity contribution in [3.05, 3.63) is 34.9 Å². The molecule has 0 amide bonds. The van der Waals surface area contributed by atoms with E-state index in [2.05, 4.69) is 15.0 Å². The summed E-state index contributed by atoms with van der Waals surface area (Å²) in [5.74, 6) is -0.243. The van der Waals surface area contributed by atoms with Gasteiger partial charge in [-0.3, -0.25) is 0 Å². The number of rotatable bonds is 3. The molecule has 0 saturated carbocycles. The number of esters is 1. The molecule has 0 atom stereocenters. The minimum atomic E-state index is -0.598. The summed E-state index contributed by atoms with van der Waals surface area (Å²) >= 11 is 0. The number of carbonyl (C=O) groups is 1. The second-order valence-corrected chi connectivity index (χ2v) is 4.31. The average Bonchev–Trinajstić information content (AvgIpc) is 2.94. The molecule has 0 radical (unpaired) electrons. The van der Waals surface area contributed by atoms with Crippen molar-refractivity contribution >= 4 is 22.8 Å². The molecule has 0 spiro atoms. The Kier molecular flexibility index (Phi) is 4.26. The van der Waals surface area contributed by atoms with Crippen LogP contribution in [0.25, 0.3) is 11.1 Å². The summed E-state index contributed by atoms with van der Waals surface area (Å²) in [6.45, 7) is 1.62. The number of allylic oxidation sites excluding steroid dienone is 2. The van der Waals surface area contributed by atoms with Crippen molar-refractivity contribution in [3.8, 4) is 18.2 Å². The second-order valence-electron chi connectivity index (χ2n) is 4.31. The van der Waals surface area contributed by atoms with Crippen molar-refractivity contribution in [1.82, 2.24) is 4.98 Å². The lowest BCUT2D eigenvalue weighted by Crippen LogP contribution is -2.05. The molecule has 0 unspecified atom stereocenters. The maximum absolute atomic E-state index is 11.7. The zero-order valence-electron chi connectivity index (χ0n) is 12.2. The summed E-state index contributed by atoms with van der Waals surface area (Å²) in [7, 11) is 1.23. The topological polar surface area (TPSA) is 136 Å². The summed E-state index contributed by atoms with van der Waals surface area (Å²) < 4.78 is 10.1. The lowest BCUT2D eigenvalue weighted by molar-refractivity contribution is 0.0601. The van der Waals surface area contributed by atoms with Gasteiger partial charge in [0.2, 0.25) is 0 Å². The summed E-state index contributed by atoms with van der Waals surface area (Å²) in [6, 6.07) is 7.84. The Morgan fingerprint density at radius 3 is 2.52 bits per heavy atom. The first-order valence-corrected chi connectivity index (χ1v) is 6.25. The third-order valence-electron chi connectivity index (χ3n) is 2.86. The third-order valence-corrected chi connectivity index (χ3v) is 2.86. The number of nitriles is 3. The summed E-state index contributed by atoms with van der Waals surface area (Å²) in [4.78, 5) is 15.9. The minimum Gasteiger partial charge on any atom is -0.465 e. The van der Waals surface area contributed by atoms with Crippen LogP contribution >= 0.6 is 0 Å². The molecule has 1 heterocycles. The molecule has 0 fully saturated rings. The number of benzene rings is 1. The zero-order chi connectivity index (χ0) is 17.0. The molecule has 0 aliphatic heterocycles. The molecule has 2 rings (SSSR count). The van der Waals surface area contributed by atoms with Gasteiger partial charge in [0, 0.05) is 6.92 Å². The highest BCUT2D eigenvalue weighted by atomic mass is 16.5. The van der Waals surface area contributed by atoms with E-state index in [-0.39, 0.29) is 28.1 Å². The van der Waals surface area contributed by atoms with Crippen molar-refractivity contribution in [2.45, 2.75) is 6.92 Å². The summed E-state index contributed by atoms with van der Waals surface area (Å²) in [6.07, 6.45) is 0. The molecule has 1 aromatic carbocycles. The van der Waals surface area contributed by atoms with E-state index < -0.39 is 5.97 Å². The van der Waals surface area contributed by atoms with Crippen LogP contribution in [0.5, 0.6) is 0 Å². The van der Waals surface area contributed by atoms with E-state index in [1.807, 2.05) is 0 Å². The summed E-state index contributed by atoms with van der Waals surface area (Å²) in [5.41, 5.74) is 0.429. The van der Waals surface area contributed by atoms with Crippen molar-refractivity contribution in [1.29, 1.82) is 15.8 Å². The van der Waals surface area contributed by atoms with Crippen LogP contribution < -0.4 is 5.32 Å². The first-order valence-electron chi connectivity index (χ1n) is 6.25. The number of hydrogen-bond acceptors (Lipinski definition) is 8. The van der Waals surface area contributed by atoms with Crippen LogP contribution in [0.15, 0.2) is 27.8 Å². The van der Waals surface area contributed by atoms with Crippen molar-refractivity contribution in [2.75, 3.05) is 12.4 Å². The highest BCUT2D eigenvalue weighted by Crippen LogP contribution is 2.28. The Morgan fingerprint density at radius 2 is 1.96 bits per heavy atom. The van der Waals surface area contributed by atoms with Gasteiger partial charge < -0.3 is 14.5 Å². The van der Waals surface area contributed by atoms with Gasteiger partial charge >= 0.3 is 5.97 Å². The van der Waals surface area contributed by atoms with Gasteiger partial charge in [-0.2, -0.15) is 15.8 Å². The van der Waals surface area contributed by atoms with Crippen molar-refractivity contribution in [2.24, 2.45) is 0 Å². The van der Waals surface area contributed by atoms with Gasteiger partial charge in [0.05, 0.1) is 18.4 Å². The molecule has 1 aromatic heterocycles. The van der Waals surface area contributed by atoms with Gasteiger partial charge in [-0.1, -0.05) is 0 Å². The largest absolute Gasteiger partial charge is 0.465 e. The standard InChI is InChI=1S/C15H9N5O3/c1-8-19-11-3-9(15(21)22-2)4-12(14(11)23-8)20-13(7-18)10(5-16)6-17/h3-4,20H,1-2H3. The van der Waals surface area contributed by atoms with E-state index in [0.717, 1.165) is 0 Å². The minimum absolute atomic E-state index is 0.184. The van der Waals surface area contributed by atoms with Gasteiger partial charge in [0.25, 0.3) is 0 Å². The summed E-state index contributed by atoms with van der Waals surface area (Å²) in [5, 5.41) is 29.5. The Labute approximate surface area is 130 Å². The first kappa shape index (κ1) is 15.6. The van der Waals surface area contributed by atoms with Crippen LogP contribution in [-0.2, 0) is 4.74 Å². The molecule has 8 nitrogen and oxygen atoms in total. The maximum Gasteiger partial charge on any atom is 0.338 e.